The van der Waals surface area contributed by atoms with E-state index in [1.807, 2.05) is 43.3 Å². The van der Waals surface area contributed by atoms with E-state index in [0.717, 1.165) is 29.5 Å². The molecular formula is C30H29NO6. The highest BCUT2D eigenvalue weighted by Crippen LogP contribution is 2.32. The number of aryl methyl sites for hydroxylation is 2. The molecule has 0 aliphatic heterocycles. The maximum atomic E-state index is 13.5. The van der Waals surface area contributed by atoms with Crippen LogP contribution in [0.15, 0.2) is 88.1 Å². The number of ether oxygens (including phenoxy) is 2. The number of nitrogens with one attached hydrogen (secondary N) is 1. The number of benzene rings is 3. The van der Waals surface area contributed by atoms with Crippen molar-refractivity contribution in [1.29, 1.82) is 0 Å². The van der Waals surface area contributed by atoms with Crippen LogP contribution in [0.4, 0.5) is 4.79 Å². The fourth-order valence-electron chi connectivity index (χ4n) is 4.09. The molecule has 1 heterocycles. The Morgan fingerprint density at radius 1 is 0.973 bits per heavy atom. The van der Waals surface area contributed by atoms with Gasteiger partial charge in [-0.1, -0.05) is 74.0 Å². The minimum absolute atomic E-state index is 0.0611. The smallest absolute Gasteiger partial charge is 0.408 e. The van der Waals surface area contributed by atoms with E-state index in [-0.39, 0.29) is 12.4 Å². The minimum Gasteiger partial charge on any atom is -0.445 e. The molecule has 7 heteroatoms. The van der Waals surface area contributed by atoms with E-state index < -0.39 is 23.7 Å². The summed E-state index contributed by atoms with van der Waals surface area (Å²) in [4.78, 5) is 38.3. The molecule has 7 nitrogen and oxygen atoms in total. The maximum Gasteiger partial charge on any atom is 0.408 e. The Kier molecular flexibility index (Phi) is 8.36. The lowest BCUT2D eigenvalue weighted by Crippen LogP contribution is -2.36. The van der Waals surface area contributed by atoms with E-state index in [2.05, 4.69) is 12.2 Å². The number of alkyl carbamates (subject to hydrolysis) is 1. The first-order valence-electron chi connectivity index (χ1n) is 12.3. The largest absolute Gasteiger partial charge is 0.445 e. The maximum absolute atomic E-state index is 13.5. The fraction of sp³-hybridized carbons (Fsp3) is 0.233. The first kappa shape index (κ1) is 25.7. The predicted molar refractivity (Wildman–Crippen MR) is 140 cm³/mol. The molecule has 1 atom stereocenters. The first-order valence-corrected chi connectivity index (χ1v) is 12.3. The number of carbonyl (C=O) groups is 2. The molecule has 1 amide bonds. The van der Waals surface area contributed by atoms with Gasteiger partial charge in [-0.3, -0.25) is 0 Å². The summed E-state index contributed by atoms with van der Waals surface area (Å²) in [6.07, 6.45) is 1.69. The molecule has 1 N–H and O–H groups in total. The van der Waals surface area contributed by atoms with E-state index in [1.54, 1.807) is 36.4 Å². The Hall–Kier alpha value is -4.39. The van der Waals surface area contributed by atoms with Gasteiger partial charge in [0.2, 0.25) is 0 Å². The SMILES string of the molecule is CCCCc1cc(=O)oc2cc(C)cc(OC(=O)C(NC(=O)OCc3ccccc3)c3ccccc3)c12. The third kappa shape index (κ3) is 6.64. The number of fused-ring (bicyclic) bond motifs is 1. The summed E-state index contributed by atoms with van der Waals surface area (Å²) in [7, 11) is 0. The standard InChI is InChI=1S/C30H29NO6/c1-3-4-13-23-18-26(32)36-24-16-20(2)17-25(27(23)24)37-29(33)28(22-14-9-6-10-15-22)31-30(34)35-19-21-11-7-5-8-12-21/h5-12,14-18,28H,3-4,13,19H2,1-2H3,(H,31,34). The van der Waals surface area contributed by atoms with Gasteiger partial charge >= 0.3 is 17.7 Å². The molecule has 0 spiro atoms. The summed E-state index contributed by atoms with van der Waals surface area (Å²) >= 11 is 0. The fourth-order valence-corrected chi connectivity index (χ4v) is 4.09. The Bertz CT molecular complexity index is 1430. The average molecular weight is 500 g/mol. The number of carbonyl (C=O) groups excluding carboxylic acids is 2. The van der Waals surface area contributed by atoms with Crippen LogP contribution >= 0.6 is 0 Å². The van der Waals surface area contributed by atoms with Crippen molar-refractivity contribution in [3.05, 3.63) is 112 Å². The van der Waals surface area contributed by atoms with Crippen LogP contribution in [0.5, 0.6) is 5.75 Å². The van der Waals surface area contributed by atoms with E-state index in [1.165, 1.54) is 6.07 Å². The highest BCUT2D eigenvalue weighted by molar-refractivity contribution is 5.92. The molecule has 1 aromatic heterocycles. The summed E-state index contributed by atoms with van der Waals surface area (Å²) in [6.45, 7) is 3.95. The molecule has 0 aliphatic rings. The second kappa shape index (κ2) is 12.0. The summed E-state index contributed by atoms with van der Waals surface area (Å²) in [5.74, 6) is -0.419. The molecule has 190 valence electrons. The molecule has 1 unspecified atom stereocenters. The lowest BCUT2D eigenvalue weighted by Gasteiger charge is -2.19. The van der Waals surface area contributed by atoms with E-state index in [4.69, 9.17) is 13.9 Å². The highest BCUT2D eigenvalue weighted by atomic mass is 16.6. The summed E-state index contributed by atoms with van der Waals surface area (Å²) in [5, 5.41) is 3.21. The van der Waals surface area contributed by atoms with Crippen molar-refractivity contribution in [2.45, 2.75) is 45.8 Å². The Morgan fingerprint density at radius 3 is 2.38 bits per heavy atom. The Labute approximate surface area is 215 Å². The van der Waals surface area contributed by atoms with Crippen LogP contribution in [-0.2, 0) is 22.6 Å². The first-order chi connectivity index (χ1) is 17.9. The second-order valence-corrected chi connectivity index (χ2v) is 8.80. The monoisotopic (exact) mass is 499 g/mol. The number of hydrogen-bond donors (Lipinski definition) is 1. The molecule has 0 fully saturated rings. The van der Waals surface area contributed by atoms with E-state index in [9.17, 15) is 14.4 Å². The zero-order valence-electron chi connectivity index (χ0n) is 20.9. The zero-order valence-corrected chi connectivity index (χ0v) is 20.9. The van der Waals surface area contributed by atoms with E-state index in [0.29, 0.717) is 23.0 Å². The molecule has 0 radical (unpaired) electrons. The predicted octanol–water partition coefficient (Wildman–Crippen LogP) is 6.02. The van der Waals surface area contributed by atoms with Gasteiger partial charge in [0.15, 0.2) is 6.04 Å². The average Bonchev–Trinajstić information content (AvgIpc) is 2.89. The van der Waals surface area contributed by atoms with Gasteiger partial charge in [0.1, 0.15) is 17.9 Å². The lowest BCUT2D eigenvalue weighted by atomic mass is 10.0. The molecule has 0 saturated heterocycles. The van der Waals surface area contributed by atoms with Crippen LogP contribution in [0.3, 0.4) is 0 Å². The number of rotatable bonds is 9. The van der Waals surface area contributed by atoms with Crippen molar-refractivity contribution >= 4 is 23.0 Å². The van der Waals surface area contributed by atoms with Gasteiger partial charge in [-0.25, -0.2) is 14.4 Å². The van der Waals surface area contributed by atoms with Crippen LogP contribution in [0.2, 0.25) is 0 Å². The normalized spacial score (nSPS) is 11.6. The van der Waals surface area contributed by atoms with Crippen molar-refractivity contribution in [1.82, 2.24) is 5.32 Å². The lowest BCUT2D eigenvalue weighted by molar-refractivity contribution is -0.136. The van der Waals surface area contributed by atoms with Gasteiger partial charge in [-0.15, -0.1) is 0 Å². The van der Waals surface area contributed by atoms with Crippen molar-refractivity contribution in [3.63, 3.8) is 0 Å². The van der Waals surface area contributed by atoms with Gasteiger partial charge in [-0.05, 0) is 54.2 Å². The molecule has 4 aromatic rings. The summed E-state index contributed by atoms with van der Waals surface area (Å²) in [6, 6.07) is 21.9. The van der Waals surface area contributed by atoms with Gasteiger partial charge in [0.25, 0.3) is 0 Å². The summed E-state index contributed by atoms with van der Waals surface area (Å²) in [5.41, 5.74) is 2.78. The highest BCUT2D eigenvalue weighted by Gasteiger charge is 2.27. The van der Waals surface area contributed by atoms with Crippen molar-refractivity contribution in [2.24, 2.45) is 0 Å². The van der Waals surface area contributed by atoms with Crippen LogP contribution in [-0.4, -0.2) is 12.1 Å². The number of hydrogen-bond acceptors (Lipinski definition) is 6. The second-order valence-electron chi connectivity index (χ2n) is 8.80. The number of unbranched alkanes of at least 4 members (excludes halogenated alkanes) is 1. The minimum atomic E-state index is -1.12. The van der Waals surface area contributed by atoms with Gasteiger partial charge in [0, 0.05) is 6.07 Å². The molecule has 3 aromatic carbocycles. The molecule has 0 bridgehead atoms. The molecule has 4 rings (SSSR count). The van der Waals surface area contributed by atoms with Crippen LogP contribution in [0.1, 0.15) is 48.1 Å². The quantitative estimate of drug-likeness (QED) is 0.172. The number of esters is 1. The molecule has 0 saturated carbocycles. The van der Waals surface area contributed by atoms with Gasteiger partial charge < -0.3 is 19.2 Å². The third-order valence-electron chi connectivity index (χ3n) is 5.89. The number of amides is 1. The van der Waals surface area contributed by atoms with Gasteiger partial charge in [-0.2, -0.15) is 0 Å². The Balaban J connectivity index is 1.62. The van der Waals surface area contributed by atoms with Crippen molar-refractivity contribution < 1.29 is 23.5 Å². The van der Waals surface area contributed by atoms with Crippen LogP contribution in [0, 0.1) is 6.92 Å². The molecular weight excluding hydrogens is 470 g/mol. The molecule has 0 aliphatic carbocycles. The Morgan fingerprint density at radius 2 is 1.68 bits per heavy atom. The molecule has 37 heavy (non-hydrogen) atoms. The van der Waals surface area contributed by atoms with Crippen LogP contribution < -0.4 is 15.7 Å². The van der Waals surface area contributed by atoms with Crippen molar-refractivity contribution in [2.75, 3.05) is 0 Å². The van der Waals surface area contributed by atoms with Crippen molar-refractivity contribution in [3.8, 4) is 5.75 Å². The topological polar surface area (TPSA) is 94.8 Å². The van der Waals surface area contributed by atoms with Gasteiger partial charge in [0.05, 0.1) is 5.39 Å². The third-order valence-corrected chi connectivity index (χ3v) is 5.89. The van der Waals surface area contributed by atoms with E-state index >= 15 is 0 Å². The van der Waals surface area contributed by atoms with Crippen LogP contribution in [0.25, 0.3) is 11.0 Å². The summed E-state index contributed by atoms with van der Waals surface area (Å²) < 4.78 is 16.6. The zero-order chi connectivity index (χ0) is 26.2.